The lowest BCUT2D eigenvalue weighted by atomic mass is 10.1. The van der Waals surface area contributed by atoms with Crippen LogP contribution in [0.15, 0.2) is 18.2 Å². The van der Waals surface area contributed by atoms with Crippen LogP contribution in [0.25, 0.3) is 0 Å². The normalized spacial score (nSPS) is 14.9. The molecule has 1 fully saturated rings. The number of anilines is 1. The molecule has 1 aliphatic rings. The molecule has 0 aliphatic carbocycles. The van der Waals surface area contributed by atoms with Crippen LogP contribution in [-0.2, 0) is 11.2 Å². The van der Waals surface area contributed by atoms with E-state index in [1.807, 2.05) is 6.07 Å². The zero-order valence-corrected chi connectivity index (χ0v) is 8.00. The first-order valence-electron chi connectivity index (χ1n) is 4.62. The summed E-state index contributed by atoms with van der Waals surface area (Å²) in [5.74, 6) is 0.228. The molecule has 1 amide bonds. The standard InChI is InChI=1S/C11H13NO/c1-3-9-6-10(5-4-8(9)2)12-7-11(12)13/h4-6H,3,7H2,1-2H3. The summed E-state index contributed by atoms with van der Waals surface area (Å²) in [6.07, 6.45) is 1.03. The van der Waals surface area contributed by atoms with Crippen molar-refractivity contribution in [1.29, 1.82) is 0 Å². The first-order chi connectivity index (χ1) is 6.22. The third-order valence-corrected chi connectivity index (χ3v) is 2.52. The molecule has 0 spiro atoms. The molecule has 1 aromatic carbocycles. The molecule has 0 atom stereocenters. The summed E-state index contributed by atoms with van der Waals surface area (Å²) in [7, 11) is 0. The van der Waals surface area contributed by atoms with Crippen molar-refractivity contribution >= 4 is 11.6 Å². The van der Waals surface area contributed by atoms with E-state index in [-0.39, 0.29) is 5.91 Å². The van der Waals surface area contributed by atoms with E-state index in [4.69, 9.17) is 0 Å². The van der Waals surface area contributed by atoms with Gasteiger partial charge in [-0.05, 0) is 36.6 Å². The lowest BCUT2D eigenvalue weighted by Crippen LogP contribution is -1.95. The molecule has 13 heavy (non-hydrogen) atoms. The van der Waals surface area contributed by atoms with Crippen LogP contribution in [0.1, 0.15) is 18.1 Å². The zero-order chi connectivity index (χ0) is 9.42. The van der Waals surface area contributed by atoms with Gasteiger partial charge in [0.1, 0.15) is 6.54 Å². The fourth-order valence-corrected chi connectivity index (χ4v) is 1.54. The van der Waals surface area contributed by atoms with E-state index < -0.39 is 0 Å². The molecule has 0 aromatic heterocycles. The van der Waals surface area contributed by atoms with Gasteiger partial charge in [-0.3, -0.25) is 4.79 Å². The fourth-order valence-electron chi connectivity index (χ4n) is 1.54. The van der Waals surface area contributed by atoms with Crippen molar-refractivity contribution < 1.29 is 4.79 Å². The molecule has 0 bridgehead atoms. The number of amides is 1. The fraction of sp³-hybridized carbons (Fsp3) is 0.364. The highest BCUT2D eigenvalue weighted by Gasteiger charge is 2.31. The van der Waals surface area contributed by atoms with Gasteiger partial charge in [-0.2, -0.15) is 0 Å². The lowest BCUT2D eigenvalue weighted by molar-refractivity contribution is -0.109. The average Bonchev–Trinajstić information content (AvgIpc) is 2.84. The van der Waals surface area contributed by atoms with Crippen LogP contribution in [0.4, 0.5) is 5.69 Å². The summed E-state index contributed by atoms with van der Waals surface area (Å²) < 4.78 is 0. The average molecular weight is 175 g/mol. The molecule has 2 rings (SSSR count). The molecule has 1 saturated heterocycles. The summed E-state index contributed by atoms with van der Waals surface area (Å²) in [5.41, 5.74) is 3.69. The number of aryl methyl sites for hydroxylation is 2. The van der Waals surface area contributed by atoms with Gasteiger partial charge in [-0.15, -0.1) is 0 Å². The van der Waals surface area contributed by atoms with Crippen molar-refractivity contribution in [2.45, 2.75) is 20.3 Å². The van der Waals surface area contributed by atoms with E-state index in [0.717, 1.165) is 12.1 Å². The number of hydrogen-bond donors (Lipinski definition) is 0. The van der Waals surface area contributed by atoms with Crippen molar-refractivity contribution in [2.24, 2.45) is 0 Å². The van der Waals surface area contributed by atoms with Crippen LogP contribution in [-0.4, -0.2) is 12.5 Å². The molecule has 2 nitrogen and oxygen atoms in total. The van der Waals surface area contributed by atoms with Crippen LogP contribution in [0.2, 0.25) is 0 Å². The van der Waals surface area contributed by atoms with E-state index in [1.54, 1.807) is 4.90 Å². The minimum absolute atomic E-state index is 0.228. The van der Waals surface area contributed by atoms with Crippen LogP contribution < -0.4 is 4.90 Å². The molecule has 1 aromatic rings. The van der Waals surface area contributed by atoms with Gasteiger partial charge in [0.2, 0.25) is 5.91 Å². The summed E-state index contributed by atoms with van der Waals surface area (Å²) in [4.78, 5) is 12.7. The number of rotatable bonds is 2. The summed E-state index contributed by atoms with van der Waals surface area (Å²) >= 11 is 0. The molecule has 0 N–H and O–H groups in total. The van der Waals surface area contributed by atoms with Crippen LogP contribution in [0.5, 0.6) is 0 Å². The third kappa shape index (κ3) is 1.44. The Morgan fingerprint density at radius 1 is 1.46 bits per heavy atom. The smallest absolute Gasteiger partial charge is 0.247 e. The van der Waals surface area contributed by atoms with Crippen LogP contribution in [0.3, 0.4) is 0 Å². The monoisotopic (exact) mass is 175 g/mol. The maximum absolute atomic E-state index is 10.9. The van der Waals surface area contributed by atoms with Gasteiger partial charge in [-0.1, -0.05) is 13.0 Å². The van der Waals surface area contributed by atoms with Gasteiger partial charge in [0.25, 0.3) is 0 Å². The first kappa shape index (κ1) is 8.30. The number of nitrogens with zero attached hydrogens (tertiary/aromatic N) is 1. The van der Waals surface area contributed by atoms with Crippen LogP contribution in [0, 0.1) is 6.92 Å². The quantitative estimate of drug-likeness (QED) is 0.628. The maximum atomic E-state index is 10.9. The number of benzene rings is 1. The molecule has 68 valence electrons. The summed E-state index contributed by atoms with van der Waals surface area (Å²) in [5, 5.41) is 0. The predicted molar refractivity (Wildman–Crippen MR) is 52.9 cm³/mol. The minimum atomic E-state index is 0.228. The van der Waals surface area contributed by atoms with Crippen molar-refractivity contribution in [3.05, 3.63) is 29.3 Å². The van der Waals surface area contributed by atoms with Crippen molar-refractivity contribution in [3.63, 3.8) is 0 Å². The predicted octanol–water partition coefficient (Wildman–Crippen LogP) is 1.90. The minimum Gasteiger partial charge on any atom is -0.301 e. The first-order valence-corrected chi connectivity index (χ1v) is 4.62. The Morgan fingerprint density at radius 2 is 2.15 bits per heavy atom. The Kier molecular flexibility index (Phi) is 1.83. The summed E-state index contributed by atoms with van der Waals surface area (Å²) in [6, 6.07) is 6.21. The Labute approximate surface area is 78.2 Å². The molecule has 0 radical (unpaired) electrons. The van der Waals surface area contributed by atoms with E-state index >= 15 is 0 Å². The second kappa shape index (κ2) is 2.87. The topological polar surface area (TPSA) is 20.1 Å². The summed E-state index contributed by atoms with van der Waals surface area (Å²) in [6.45, 7) is 4.83. The SMILES string of the molecule is CCc1cc(N2CC2=O)ccc1C. The Balaban J connectivity index is 2.33. The van der Waals surface area contributed by atoms with Gasteiger partial charge in [0.05, 0.1) is 0 Å². The second-order valence-electron chi connectivity index (χ2n) is 3.44. The number of carbonyl (C=O) groups excluding carboxylic acids is 1. The largest absolute Gasteiger partial charge is 0.301 e. The lowest BCUT2D eigenvalue weighted by Gasteiger charge is -2.06. The van der Waals surface area contributed by atoms with Crippen molar-refractivity contribution in [2.75, 3.05) is 11.4 Å². The van der Waals surface area contributed by atoms with Gasteiger partial charge in [0.15, 0.2) is 0 Å². The Morgan fingerprint density at radius 3 is 2.69 bits per heavy atom. The molecule has 1 heterocycles. The third-order valence-electron chi connectivity index (χ3n) is 2.52. The number of carbonyl (C=O) groups is 1. The van der Waals surface area contributed by atoms with Gasteiger partial charge in [-0.25, -0.2) is 0 Å². The highest BCUT2D eigenvalue weighted by Crippen LogP contribution is 2.25. The van der Waals surface area contributed by atoms with Crippen molar-refractivity contribution in [1.82, 2.24) is 0 Å². The van der Waals surface area contributed by atoms with E-state index in [0.29, 0.717) is 6.54 Å². The molecule has 0 saturated carbocycles. The highest BCUT2D eigenvalue weighted by atomic mass is 16.2. The maximum Gasteiger partial charge on any atom is 0.247 e. The van der Waals surface area contributed by atoms with Gasteiger partial charge in [0, 0.05) is 5.69 Å². The van der Waals surface area contributed by atoms with E-state index in [2.05, 4.69) is 26.0 Å². The Hall–Kier alpha value is -1.31. The molecular weight excluding hydrogens is 162 g/mol. The van der Waals surface area contributed by atoms with E-state index in [1.165, 1.54) is 11.1 Å². The van der Waals surface area contributed by atoms with Gasteiger partial charge >= 0.3 is 0 Å². The van der Waals surface area contributed by atoms with Crippen LogP contribution >= 0.6 is 0 Å². The zero-order valence-electron chi connectivity index (χ0n) is 8.00. The van der Waals surface area contributed by atoms with Gasteiger partial charge < -0.3 is 4.90 Å². The molecule has 0 unspecified atom stereocenters. The van der Waals surface area contributed by atoms with Crippen molar-refractivity contribution in [3.8, 4) is 0 Å². The molecule has 2 heteroatoms. The Bertz CT molecular complexity index is 357. The number of hydrogen-bond acceptors (Lipinski definition) is 1. The molecular formula is C11H13NO. The molecule has 1 aliphatic heterocycles. The van der Waals surface area contributed by atoms with E-state index in [9.17, 15) is 4.79 Å². The highest BCUT2D eigenvalue weighted by molar-refractivity contribution is 6.11. The second-order valence-corrected chi connectivity index (χ2v) is 3.44.